The third-order valence-electron chi connectivity index (χ3n) is 4.28. The third-order valence-corrected chi connectivity index (χ3v) is 5.01. The number of sulfonamides is 1. The number of guanidine groups is 1. The Balaban J connectivity index is 0.00000364. The van der Waals surface area contributed by atoms with E-state index < -0.39 is 10.0 Å². The van der Waals surface area contributed by atoms with Gasteiger partial charge in [0.05, 0.1) is 18.8 Å². The highest BCUT2D eigenvalue weighted by Gasteiger charge is 2.14. The SMILES string of the molecule is CCNC(=NCCNS(C)(=O)=O)NC(C)c1cccc(N2CCCC2)c1.I. The van der Waals surface area contributed by atoms with Gasteiger partial charge < -0.3 is 15.5 Å². The van der Waals surface area contributed by atoms with Gasteiger partial charge in [-0.1, -0.05) is 12.1 Å². The van der Waals surface area contributed by atoms with Gasteiger partial charge in [-0.05, 0) is 44.4 Å². The van der Waals surface area contributed by atoms with Crippen molar-refractivity contribution in [3.8, 4) is 0 Å². The lowest BCUT2D eigenvalue weighted by Crippen LogP contribution is -2.39. The highest BCUT2D eigenvalue weighted by molar-refractivity contribution is 14.0. The maximum atomic E-state index is 11.1. The molecule has 1 aromatic carbocycles. The molecule has 0 aromatic heterocycles. The van der Waals surface area contributed by atoms with Gasteiger partial charge in [-0.3, -0.25) is 4.99 Å². The van der Waals surface area contributed by atoms with E-state index in [-0.39, 0.29) is 36.6 Å². The van der Waals surface area contributed by atoms with E-state index in [0.717, 1.165) is 25.9 Å². The van der Waals surface area contributed by atoms with Crippen LogP contribution in [0.5, 0.6) is 0 Å². The Kier molecular flexibility index (Phi) is 10.4. The molecule has 27 heavy (non-hydrogen) atoms. The largest absolute Gasteiger partial charge is 0.372 e. The molecule has 0 aliphatic carbocycles. The molecule has 3 N–H and O–H groups in total. The Morgan fingerprint density at radius 3 is 2.63 bits per heavy atom. The monoisotopic (exact) mass is 509 g/mol. The second-order valence-corrected chi connectivity index (χ2v) is 8.42. The van der Waals surface area contributed by atoms with Crippen LogP contribution in [0.3, 0.4) is 0 Å². The second-order valence-electron chi connectivity index (χ2n) is 6.58. The van der Waals surface area contributed by atoms with Gasteiger partial charge in [-0.2, -0.15) is 0 Å². The van der Waals surface area contributed by atoms with Gasteiger partial charge >= 0.3 is 0 Å². The van der Waals surface area contributed by atoms with Gasteiger partial charge in [0.2, 0.25) is 10.0 Å². The summed E-state index contributed by atoms with van der Waals surface area (Å²) in [6.45, 7) is 7.77. The molecule has 0 saturated carbocycles. The number of rotatable bonds is 8. The van der Waals surface area contributed by atoms with Crippen molar-refractivity contribution in [2.24, 2.45) is 4.99 Å². The molecule has 9 heteroatoms. The average molecular weight is 509 g/mol. The summed E-state index contributed by atoms with van der Waals surface area (Å²) in [5.41, 5.74) is 2.47. The number of nitrogens with one attached hydrogen (secondary N) is 3. The molecule has 0 amide bonds. The third kappa shape index (κ3) is 8.65. The highest BCUT2D eigenvalue weighted by Crippen LogP contribution is 2.23. The first-order chi connectivity index (χ1) is 12.4. The summed E-state index contributed by atoms with van der Waals surface area (Å²) >= 11 is 0. The van der Waals surface area contributed by atoms with Gasteiger partial charge in [0.1, 0.15) is 0 Å². The molecule has 154 valence electrons. The summed E-state index contributed by atoms with van der Waals surface area (Å²) in [7, 11) is -3.18. The molecule has 2 rings (SSSR count). The molecule has 0 bridgehead atoms. The predicted octanol–water partition coefficient (Wildman–Crippen LogP) is 2.07. The number of anilines is 1. The van der Waals surface area contributed by atoms with E-state index in [1.807, 2.05) is 6.92 Å². The molecule has 7 nitrogen and oxygen atoms in total. The zero-order valence-corrected chi connectivity index (χ0v) is 19.5. The molecule has 1 fully saturated rings. The molecule has 1 heterocycles. The molecule has 1 saturated heterocycles. The highest BCUT2D eigenvalue weighted by atomic mass is 127. The molecular weight excluding hydrogens is 477 g/mol. The number of nitrogens with zero attached hydrogens (tertiary/aromatic N) is 2. The molecular formula is C18H32IN5O2S. The summed E-state index contributed by atoms with van der Waals surface area (Å²) < 4.78 is 24.7. The maximum Gasteiger partial charge on any atom is 0.208 e. The minimum atomic E-state index is -3.18. The fourth-order valence-electron chi connectivity index (χ4n) is 2.97. The van der Waals surface area contributed by atoms with E-state index in [4.69, 9.17) is 0 Å². The molecule has 1 aliphatic rings. The summed E-state index contributed by atoms with van der Waals surface area (Å²) in [5, 5.41) is 6.59. The molecule has 0 radical (unpaired) electrons. The fourth-order valence-corrected chi connectivity index (χ4v) is 3.44. The van der Waals surface area contributed by atoms with E-state index in [1.54, 1.807) is 0 Å². The zero-order chi connectivity index (χ0) is 19.0. The Morgan fingerprint density at radius 1 is 1.30 bits per heavy atom. The number of halogens is 1. The first-order valence-corrected chi connectivity index (χ1v) is 11.1. The Morgan fingerprint density at radius 2 is 2.00 bits per heavy atom. The summed E-state index contributed by atoms with van der Waals surface area (Å²) in [5.74, 6) is 0.682. The van der Waals surface area contributed by atoms with Gasteiger partial charge in [0, 0.05) is 31.9 Å². The first-order valence-electron chi connectivity index (χ1n) is 9.23. The minimum absolute atomic E-state index is 0. The Labute approximate surface area is 180 Å². The number of hydrogen-bond acceptors (Lipinski definition) is 4. The first kappa shape index (κ1) is 24.0. The van der Waals surface area contributed by atoms with Crippen LogP contribution in [0.25, 0.3) is 0 Å². The van der Waals surface area contributed by atoms with Crippen molar-refractivity contribution in [3.05, 3.63) is 29.8 Å². The van der Waals surface area contributed by atoms with Gasteiger partial charge in [-0.25, -0.2) is 13.1 Å². The summed E-state index contributed by atoms with van der Waals surface area (Å²) in [6.07, 6.45) is 3.67. The van der Waals surface area contributed by atoms with Crippen LogP contribution < -0.4 is 20.3 Å². The van der Waals surface area contributed by atoms with Crippen molar-refractivity contribution in [3.63, 3.8) is 0 Å². The lowest BCUT2D eigenvalue weighted by Gasteiger charge is -2.22. The molecule has 1 unspecified atom stereocenters. The Bertz CT molecular complexity index is 705. The van der Waals surface area contributed by atoms with Crippen LogP contribution in [0.1, 0.15) is 38.3 Å². The van der Waals surface area contributed by atoms with Crippen LogP contribution in [0, 0.1) is 0 Å². The predicted molar refractivity (Wildman–Crippen MR) is 124 cm³/mol. The lowest BCUT2D eigenvalue weighted by molar-refractivity contribution is 0.588. The number of hydrogen-bond donors (Lipinski definition) is 3. The second kappa shape index (κ2) is 11.7. The van der Waals surface area contributed by atoms with Crippen LogP contribution in [0.2, 0.25) is 0 Å². The van der Waals surface area contributed by atoms with E-state index in [9.17, 15) is 8.42 Å². The number of benzene rings is 1. The zero-order valence-electron chi connectivity index (χ0n) is 16.4. The lowest BCUT2D eigenvalue weighted by atomic mass is 10.1. The smallest absolute Gasteiger partial charge is 0.208 e. The van der Waals surface area contributed by atoms with Crippen molar-refractivity contribution in [2.45, 2.75) is 32.7 Å². The van der Waals surface area contributed by atoms with Crippen molar-refractivity contribution in [1.29, 1.82) is 0 Å². The van der Waals surface area contributed by atoms with Crippen molar-refractivity contribution >= 4 is 45.6 Å². The average Bonchev–Trinajstić information content (AvgIpc) is 3.12. The van der Waals surface area contributed by atoms with Crippen molar-refractivity contribution in [1.82, 2.24) is 15.4 Å². The Hall–Kier alpha value is -1.07. The van der Waals surface area contributed by atoms with E-state index in [2.05, 4.69) is 56.4 Å². The van der Waals surface area contributed by atoms with E-state index in [1.165, 1.54) is 24.1 Å². The van der Waals surface area contributed by atoms with Crippen molar-refractivity contribution < 1.29 is 8.42 Å². The normalized spacial score (nSPS) is 16.0. The minimum Gasteiger partial charge on any atom is -0.372 e. The topological polar surface area (TPSA) is 85.8 Å². The molecule has 1 aliphatic heterocycles. The standard InChI is InChI=1S/C18H31N5O2S.HI/c1-4-19-18(20-10-11-21-26(3,24)25)22-15(2)16-8-7-9-17(14-16)23-12-5-6-13-23;/h7-9,14-15,21H,4-6,10-13H2,1-3H3,(H2,19,20,22);1H. The van der Waals surface area contributed by atoms with E-state index in [0.29, 0.717) is 12.5 Å². The molecule has 0 spiro atoms. The number of aliphatic imine (C=N–C) groups is 1. The maximum absolute atomic E-state index is 11.1. The summed E-state index contributed by atoms with van der Waals surface area (Å²) in [4.78, 5) is 6.86. The quantitative estimate of drug-likeness (QED) is 0.216. The van der Waals surface area contributed by atoms with Gasteiger partial charge in [0.25, 0.3) is 0 Å². The van der Waals surface area contributed by atoms with E-state index >= 15 is 0 Å². The van der Waals surface area contributed by atoms with Crippen LogP contribution >= 0.6 is 24.0 Å². The molecule has 1 aromatic rings. The van der Waals surface area contributed by atoms with Crippen LogP contribution in [0.4, 0.5) is 5.69 Å². The van der Waals surface area contributed by atoms with Crippen LogP contribution in [0.15, 0.2) is 29.3 Å². The van der Waals surface area contributed by atoms with Gasteiger partial charge in [-0.15, -0.1) is 24.0 Å². The van der Waals surface area contributed by atoms with Crippen LogP contribution in [-0.4, -0.2) is 53.4 Å². The van der Waals surface area contributed by atoms with Crippen LogP contribution in [-0.2, 0) is 10.0 Å². The van der Waals surface area contributed by atoms with Crippen molar-refractivity contribution in [2.75, 3.05) is 43.9 Å². The summed E-state index contributed by atoms with van der Waals surface area (Å²) in [6, 6.07) is 8.71. The fraction of sp³-hybridized carbons (Fsp3) is 0.611. The molecule has 1 atom stereocenters. The van der Waals surface area contributed by atoms with Gasteiger partial charge in [0.15, 0.2) is 5.96 Å².